The standard InChI is InChI=1S/C17H21F3N4/c1-5-12-10-22(2)15-7-14(17(18,19)20)13(6-16(15)24(12)4)11-8-21-23(3)9-11/h6-9,12H,5,10H2,1-4H3/t12-/m0/s1. The van der Waals surface area contributed by atoms with E-state index < -0.39 is 11.7 Å². The van der Waals surface area contributed by atoms with Gasteiger partial charge in [0.25, 0.3) is 0 Å². The van der Waals surface area contributed by atoms with Crippen molar-refractivity contribution in [2.24, 2.45) is 7.05 Å². The average molecular weight is 338 g/mol. The molecule has 0 aliphatic carbocycles. The summed E-state index contributed by atoms with van der Waals surface area (Å²) in [5.41, 5.74) is 1.46. The molecule has 24 heavy (non-hydrogen) atoms. The number of hydrogen-bond acceptors (Lipinski definition) is 3. The smallest absolute Gasteiger partial charge is 0.371 e. The molecule has 0 N–H and O–H groups in total. The highest BCUT2D eigenvalue weighted by Crippen LogP contribution is 2.45. The maximum atomic E-state index is 13.6. The zero-order valence-electron chi connectivity index (χ0n) is 14.2. The van der Waals surface area contributed by atoms with Gasteiger partial charge in [-0.1, -0.05) is 6.92 Å². The zero-order valence-corrected chi connectivity index (χ0v) is 14.2. The summed E-state index contributed by atoms with van der Waals surface area (Å²) >= 11 is 0. The van der Waals surface area contributed by atoms with E-state index in [-0.39, 0.29) is 11.6 Å². The van der Waals surface area contributed by atoms with Crippen molar-refractivity contribution in [1.29, 1.82) is 0 Å². The lowest BCUT2D eigenvalue weighted by Crippen LogP contribution is -2.45. The lowest BCUT2D eigenvalue weighted by Gasteiger charge is -2.41. The maximum Gasteiger partial charge on any atom is 0.417 e. The number of anilines is 2. The van der Waals surface area contributed by atoms with Crippen LogP contribution in [0.3, 0.4) is 0 Å². The molecule has 7 heteroatoms. The van der Waals surface area contributed by atoms with Crippen LogP contribution in [0.1, 0.15) is 18.9 Å². The number of rotatable bonds is 2. The summed E-state index contributed by atoms with van der Waals surface area (Å²) in [6.45, 7) is 2.80. The lowest BCUT2D eigenvalue weighted by molar-refractivity contribution is -0.137. The number of fused-ring (bicyclic) bond motifs is 1. The number of aromatic nitrogens is 2. The Kier molecular flexibility index (Phi) is 3.97. The van der Waals surface area contributed by atoms with Crippen molar-refractivity contribution in [2.75, 3.05) is 30.4 Å². The van der Waals surface area contributed by atoms with Gasteiger partial charge in [-0.2, -0.15) is 18.3 Å². The second-order valence-corrected chi connectivity index (χ2v) is 6.34. The summed E-state index contributed by atoms with van der Waals surface area (Å²) in [7, 11) is 5.49. The number of likely N-dealkylation sites (N-methyl/N-ethyl adjacent to an activating group) is 2. The monoisotopic (exact) mass is 338 g/mol. The molecule has 130 valence electrons. The van der Waals surface area contributed by atoms with Gasteiger partial charge >= 0.3 is 6.18 Å². The molecular weight excluding hydrogens is 317 g/mol. The van der Waals surface area contributed by atoms with Crippen LogP contribution in [-0.4, -0.2) is 36.5 Å². The van der Waals surface area contributed by atoms with Gasteiger partial charge in [-0.25, -0.2) is 0 Å². The molecule has 2 heterocycles. The number of benzene rings is 1. The largest absolute Gasteiger partial charge is 0.417 e. The van der Waals surface area contributed by atoms with E-state index in [1.54, 1.807) is 19.3 Å². The molecule has 4 nitrogen and oxygen atoms in total. The molecule has 1 aromatic heterocycles. The molecule has 1 aliphatic heterocycles. The van der Waals surface area contributed by atoms with Crippen molar-refractivity contribution in [3.63, 3.8) is 0 Å². The van der Waals surface area contributed by atoms with Crippen LogP contribution in [0, 0.1) is 0 Å². The second-order valence-electron chi connectivity index (χ2n) is 6.34. The SMILES string of the molecule is CC[C@H]1CN(C)c2cc(C(F)(F)F)c(-c3cnn(C)c3)cc2N1C. The third-order valence-corrected chi connectivity index (χ3v) is 4.73. The minimum atomic E-state index is -4.42. The molecule has 0 radical (unpaired) electrons. The van der Waals surface area contributed by atoms with Crippen LogP contribution in [0.5, 0.6) is 0 Å². The van der Waals surface area contributed by atoms with Gasteiger partial charge in [0.1, 0.15) is 0 Å². The number of alkyl halides is 3. The Bertz CT molecular complexity index is 751. The first kappa shape index (κ1) is 16.7. The Hall–Kier alpha value is -2.18. The van der Waals surface area contributed by atoms with Crippen LogP contribution in [0.15, 0.2) is 24.5 Å². The summed E-state index contributed by atoms with van der Waals surface area (Å²) in [5, 5.41) is 4.02. The van der Waals surface area contributed by atoms with Gasteiger partial charge in [0, 0.05) is 45.5 Å². The van der Waals surface area contributed by atoms with Gasteiger partial charge < -0.3 is 9.80 Å². The Morgan fingerprint density at radius 1 is 1.17 bits per heavy atom. The quantitative estimate of drug-likeness (QED) is 0.833. The first-order valence-electron chi connectivity index (χ1n) is 7.90. The zero-order chi connectivity index (χ0) is 17.6. The van der Waals surface area contributed by atoms with E-state index in [9.17, 15) is 13.2 Å². The number of hydrogen-bond donors (Lipinski definition) is 0. The molecular formula is C17H21F3N4. The Labute approximate surface area is 139 Å². The van der Waals surface area contributed by atoms with Crippen molar-refractivity contribution in [2.45, 2.75) is 25.6 Å². The van der Waals surface area contributed by atoms with E-state index in [1.165, 1.54) is 16.9 Å². The van der Waals surface area contributed by atoms with Crippen molar-refractivity contribution in [1.82, 2.24) is 9.78 Å². The highest BCUT2D eigenvalue weighted by Gasteiger charge is 2.37. The molecule has 0 fully saturated rings. The fourth-order valence-corrected chi connectivity index (χ4v) is 3.34. The topological polar surface area (TPSA) is 24.3 Å². The van der Waals surface area contributed by atoms with Gasteiger partial charge in [0.05, 0.1) is 23.1 Å². The molecule has 0 saturated heterocycles. The van der Waals surface area contributed by atoms with Gasteiger partial charge in [-0.3, -0.25) is 4.68 Å². The van der Waals surface area contributed by atoms with Crippen molar-refractivity contribution in [3.05, 3.63) is 30.1 Å². The molecule has 1 aromatic carbocycles. The van der Waals surface area contributed by atoms with Crippen LogP contribution in [0.4, 0.5) is 24.5 Å². The van der Waals surface area contributed by atoms with Crippen LogP contribution in [-0.2, 0) is 13.2 Å². The van der Waals surface area contributed by atoms with Gasteiger partial charge in [-0.15, -0.1) is 0 Å². The normalized spacial score (nSPS) is 18.0. The number of nitrogens with zero attached hydrogens (tertiary/aromatic N) is 4. The lowest BCUT2D eigenvalue weighted by atomic mass is 9.96. The maximum absolute atomic E-state index is 13.6. The third kappa shape index (κ3) is 2.72. The molecule has 0 bridgehead atoms. The average Bonchev–Trinajstić information content (AvgIpc) is 2.95. The van der Waals surface area contributed by atoms with Crippen molar-refractivity contribution in [3.8, 4) is 11.1 Å². The van der Waals surface area contributed by atoms with Crippen molar-refractivity contribution < 1.29 is 13.2 Å². The first-order valence-corrected chi connectivity index (χ1v) is 7.90. The Morgan fingerprint density at radius 3 is 2.42 bits per heavy atom. The summed E-state index contributed by atoms with van der Waals surface area (Å²) in [6, 6.07) is 3.19. The van der Waals surface area contributed by atoms with Gasteiger partial charge in [0.15, 0.2) is 0 Å². The van der Waals surface area contributed by atoms with Crippen LogP contribution < -0.4 is 9.80 Å². The molecule has 0 unspecified atom stereocenters. The molecule has 3 rings (SSSR count). The molecule has 2 aromatic rings. The number of halogens is 3. The predicted molar refractivity (Wildman–Crippen MR) is 89.4 cm³/mol. The van der Waals surface area contributed by atoms with E-state index in [2.05, 4.69) is 16.9 Å². The van der Waals surface area contributed by atoms with Gasteiger partial charge in [0.2, 0.25) is 0 Å². The van der Waals surface area contributed by atoms with E-state index in [1.807, 2.05) is 19.0 Å². The minimum absolute atomic E-state index is 0.173. The molecule has 1 aliphatic rings. The molecule has 0 saturated carbocycles. The van der Waals surface area contributed by atoms with Crippen molar-refractivity contribution >= 4 is 11.4 Å². The number of aryl methyl sites for hydroxylation is 1. The molecule has 0 spiro atoms. The highest BCUT2D eigenvalue weighted by molar-refractivity contribution is 5.83. The Morgan fingerprint density at radius 2 is 1.88 bits per heavy atom. The van der Waals surface area contributed by atoms with Crippen LogP contribution in [0.2, 0.25) is 0 Å². The predicted octanol–water partition coefficient (Wildman–Crippen LogP) is 3.77. The summed E-state index contributed by atoms with van der Waals surface area (Å²) in [4.78, 5) is 3.99. The minimum Gasteiger partial charge on any atom is -0.371 e. The highest BCUT2D eigenvalue weighted by atomic mass is 19.4. The third-order valence-electron chi connectivity index (χ3n) is 4.73. The van der Waals surface area contributed by atoms with Crippen LogP contribution in [0.25, 0.3) is 11.1 Å². The van der Waals surface area contributed by atoms with Crippen LogP contribution >= 0.6 is 0 Å². The van der Waals surface area contributed by atoms with E-state index in [4.69, 9.17) is 0 Å². The van der Waals surface area contributed by atoms with E-state index in [0.29, 0.717) is 17.8 Å². The summed E-state index contributed by atoms with van der Waals surface area (Å²) < 4.78 is 42.4. The summed E-state index contributed by atoms with van der Waals surface area (Å²) in [5.74, 6) is 0. The fraction of sp³-hybridized carbons (Fsp3) is 0.471. The molecule has 1 atom stereocenters. The van der Waals surface area contributed by atoms with Gasteiger partial charge in [-0.05, 0) is 24.1 Å². The molecule has 0 amide bonds. The second kappa shape index (κ2) is 5.72. The van der Waals surface area contributed by atoms with E-state index in [0.717, 1.165) is 12.1 Å². The Balaban J connectivity index is 2.23. The summed E-state index contributed by atoms with van der Waals surface area (Å²) in [6.07, 6.45) is -0.396. The van der Waals surface area contributed by atoms with E-state index >= 15 is 0 Å². The first-order chi connectivity index (χ1) is 11.2. The fourth-order valence-electron chi connectivity index (χ4n) is 3.34.